The average molecular weight is 372 g/mol. The Labute approximate surface area is 160 Å². The summed E-state index contributed by atoms with van der Waals surface area (Å²) in [5.41, 5.74) is 1.76. The standard InChI is InChI=1S/C22H28O5/c1-6-7-8-9-10-18-20(26-15(3)23)17-12-11-14(2)13-19(17)22(21(18)25-5)27-16(4)24/h11-13H,6-10H2,1-5H3. The highest BCUT2D eigenvalue weighted by molar-refractivity contribution is 6.00. The van der Waals surface area contributed by atoms with Crippen molar-refractivity contribution >= 4 is 22.7 Å². The Hall–Kier alpha value is -2.56. The number of rotatable bonds is 8. The van der Waals surface area contributed by atoms with Gasteiger partial charge >= 0.3 is 11.9 Å². The van der Waals surface area contributed by atoms with Crippen LogP contribution in [0.3, 0.4) is 0 Å². The molecule has 0 aliphatic heterocycles. The molecule has 0 aromatic heterocycles. The number of esters is 2. The van der Waals surface area contributed by atoms with Gasteiger partial charge in [0.25, 0.3) is 0 Å². The lowest BCUT2D eigenvalue weighted by Gasteiger charge is -2.20. The van der Waals surface area contributed by atoms with Gasteiger partial charge in [-0.05, 0) is 25.8 Å². The Bertz CT molecular complexity index is 838. The molecule has 0 bridgehead atoms. The molecule has 0 unspecified atom stereocenters. The van der Waals surface area contributed by atoms with E-state index in [0.717, 1.165) is 42.2 Å². The summed E-state index contributed by atoms with van der Waals surface area (Å²) in [5.74, 6) is 0.505. The van der Waals surface area contributed by atoms with Crippen molar-refractivity contribution in [2.45, 2.75) is 59.8 Å². The van der Waals surface area contributed by atoms with Gasteiger partial charge < -0.3 is 14.2 Å². The number of unbranched alkanes of at least 4 members (excludes halogenated alkanes) is 3. The van der Waals surface area contributed by atoms with Gasteiger partial charge in [0, 0.05) is 30.2 Å². The summed E-state index contributed by atoms with van der Waals surface area (Å²) in [5, 5.41) is 1.42. The molecule has 2 rings (SSSR count). The molecule has 0 N–H and O–H groups in total. The van der Waals surface area contributed by atoms with E-state index >= 15 is 0 Å². The zero-order valence-electron chi connectivity index (χ0n) is 16.8. The number of benzene rings is 2. The largest absolute Gasteiger partial charge is 0.492 e. The molecule has 0 saturated heterocycles. The first-order valence-corrected chi connectivity index (χ1v) is 9.39. The highest BCUT2D eigenvalue weighted by Gasteiger charge is 2.24. The number of carbonyl (C=O) groups is 2. The molecule has 0 heterocycles. The Morgan fingerprint density at radius 2 is 1.56 bits per heavy atom. The third-order valence-electron chi connectivity index (χ3n) is 4.39. The van der Waals surface area contributed by atoms with Crippen molar-refractivity contribution in [3.8, 4) is 17.2 Å². The number of aryl methyl sites for hydroxylation is 1. The number of ether oxygens (including phenoxy) is 3. The van der Waals surface area contributed by atoms with Crippen molar-refractivity contribution in [3.63, 3.8) is 0 Å². The van der Waals surface area contributed by atoms with Gasteiger partial charge in [0.2, 0.25) is 0 Å². The first kappa shape index (κ1) is 20.7. The minimum atomic E-state index is -0.423. The van der Waals surface area contributed by atoms with Crippen LogP contribution < -0.4 is 14.2 Å². The zero-order valence-corrected chi connectivity index (χ0v) is 16.8. The summed E-state index contributed by atoms with van der Waals surface area (Å²) in [7, 11) is 1.54. The van der Waals surface area contributed by atoms with Gasteiger partial charge in [-0.3, -0.25) is 9.59 Å². The van der Waals surface area contributed by atoms with Gasteiger partial charge in [0.15, 0.2) is 11.5 Å². The SMILES string of the molecule is CCCCCCc1c(OC)c(OC(C)=O)c2cc(C)ccc2c1OC(C)=O. The van der Waals surface area contributed by atoms with Crippen LogP contribution in [0, 0.1) is 6.92 Å². The molecule has 2 aromatic carbocycles. The molecule has 0 radical (unpaired) electrons. The Morgan fingerprint density at radius 3 is 2.15 bits per heavy atom. The fourth-order valence-electron chi connectivity index (χ4n) is 3.25. The van der Waals surface area contributed by atoms with Crippen LogP contribution in [0.2, 0.25) is 0 Å². The van der Waals surface area contributed by atoms with Gasteiger partial charge in [0.1, 0.15) is 5.75 Å². The van der Waals surface area contributed by atoms with Crippen LogP contribution in [-0.2, 0) is 16.0 Å². The fourth-order valence-corrected chi connectivity index (χ4v) is 3.25. The highest BCUT2D eigenvalue weighted by atomic mass is 16.6. The molecule has 146 valence electrons. The first-order valence-electron chi connectivity index (χ1n) is 9.39. The van der Waals surface area contributed by atoms with E-state index in [2.05, 4.69) is 6.92 Å². The normalized spacial score (nSPS) is 10.7. The molecule has 0 amide bonds. The quantitative estimate of drug-likeness (QED) is 0.365. The summed E-state index contributed by atoms with van der Waals surface area (Å²) in [6, 6.07) is 5.75. The van der Waals surface area contributed by atoms with E-state index in [1.54, 1.807) is 0 Å². The van der Waals surface area contributed by atoms with Crippen LogP contribution in [0.25, 0.3) is 10.8 Å². The van der Waals surface area contributed by atoms with Crippen LogP contribution in [0.5, 0.6) is 17.2 Å². The molecule has 5 nitrogen and oxygen atoms in total. The lowest BCUT2D eigenvalue weighted by molar-refractivity contribution is -0.133. The van der Waals surface area contributed by atoms with E-state index in [4.69, 9.17) is 14.2 Å². The molecular formula is C22H28O5. The molecule has 0 aliphatic rings. The highest BCUT2D eigenvalue weighted by Crippen LogP contribution is 2.47. The number of methoxy groups -OCH3 is 1. The van der Waals surface area contributed by atoms with Crippen LogP contribution in [0.15, 0.2) is 18.2 Å². The topological polar surface area (TPSA) is 61.8 Å². The summed E-state index contributed by atoms with van der Waals surface area (Å²) in [6.07, 6.45) is 4.92. The van der Waals surface area contributed by atoms with Crippen molar-refractivity contribution in [2.75, 3.05) is 7.11 Å². The lowest BCUT2D eigenvalue weighted by Crippen LogP contribution is -2.10. The molecule has 27 heavy (non-hydrogen) atoms. The van der Waals surface area contributed by atoms with Crippen molar-refractivity contribution in [3.05, 3.63) is 29.3 Å². The monoisotopic (exact) mass is 372 g/mol. The zero-order chi connectivity index (χ0) is 20.0. The van der Waals surface area contributed by atoms with Crippen LogP contribution in [0.4, 0.5) is 0 Å². The van der Waals surface area contributed by atoms with E-state index in [9.17, 15) is 9.59 Å². The van der Waals surface area contributed by atoms with Gasteiger partial charge in [-0.1, -0.05) is 43.9 Å². The van der Waals surface area contributed by atoms with E-state index < -0.39 is 11.9 Å². The molecule has 0 saturated carbocycles. The summed E-state index contributed by atoms with van der Waals surface area (Å²) >= 11 is 0. The summed E-state index contributed by atoms with van der Waals surface area (Å²) < 4.78 is 16.8. The second-order valence-corrected chi connectivity index (χ2v) is 6.72. The van der Waals surface area contributed by atoms with Crippen LogP contribution >= 0.6 is 0 Å². The maximum atomic E-state index is 11.8. The van der Waals surface area contributed by atoms with E-state index in [1.165, 1.54) is 21.0 Å². The predicted molar refractivity (Wildman–Crippen MR) is 106 cm³/mol. The van der Waals surface area contributed by atoms with Crippen molar-refractivity contribution in [1.82, 2.24) is 0 Å². The van der Waals surface area contributed by atoms with Gasteiger partial charge in [0.05, 0.1) is 7.11 Å². The number of fused-ring (bicyclic) bond motifs is 1. The third-order valence-corrected chi connectivity index (χ3v) is 4.39. The Kier molecular flexibility index (Phi) is 7.22. The summed E-state index contributed by atoms with van der Waals surface area (Å²) in [4.78, 5) is 23.5. The maximum absolute atomic E-state index is 11.8. The number of carbonyl (C=O) groups excluding carboxylic acids is 2. The van der Waals surface area contributed by atoms with E-state index in [1.807, 2.05) is 25.1 Å². The minimum Gasteiger partial charge on any atom is -0.492 e. The molecule has 0 spiro atoms. The molecule has 5 heteroatoms. The van der Waals surface area contributed by atoms with Crippen LogP contribution in [0.1, 0.15) is 57.6 Å². The first-order chi connectivity index (χ1) is 12.9. The minimum absolute atomic E-state index is 0.380. The van der Waals surface area contributed by atoms with E-state index in [0.29, 0.717) is 29.1 Å². The van der Waals surface area contributed by atoms with Crippen LogP contribution in [-0.4, -0.2) is 19.0 Å². The molecule has 0 fully saturated rings. The van der Waals surface area contributed by atoms with Gasteiger partial charge in [-0.15, -0.1) is 0 Å². The summed E-state index contributed by atoms with van der Waals surface area (Å²) in [6.45, 7) is 6.85. The Balaban J connectivity index is 2.74. The average Bonchev–Trinajstić information content (AvgIpc) is 2.60. The van der Waals surface area contributed by atoms with Gasteiger partial charge in [-0.25, -0.2) is 0 Å². The number of hydrogen-bond acceptors (Lipinski definition) is 5. The second kappa shape index (κ2) is 9.40. The smallest absolute Gasteiger partial charge is 0.308 e. The number of hydrogen-bond donors (Lipinski definition) is 0. The van der Waals surface area contributed by atoms with Crippen molar-refractivity contribution < 1.29 is 23.8 Å². The lowest BCUT2D eigenvalue weighted by atomic mass is 9.97. The second-order valence-electron chi connectivity index (χ2n) is 6.72. The van der Waals surface area contributed by atoms with Crippen molar-refractivity contribution in [2.24, 2.45) is 0 Å². The molecule has 0 atom stereocenters. The van der Waals surface area contributed by atoms with E-state index in [-0.39, 0.29) is 0 Å². The van der Waals surface area contributed by atoms with Crippen molar-refractivity contribution in [1.29, 1.82) is 0 Å². The predicted octanol–water partition coefficient (Wildman–Crippen LogP) is 5.13. The molecule has 2 aromatic rings. The molecule has 0 aliphatic carbocycles. The molecular weight excluding hydrogens is 344 g/mol. The Morgan fingerprint density at radius 1 is 0.889 bits per heavy atom. The fraction of sp³-hybridized carbons (Fsp3) is 0.455. The van der Waals surface area contributed by atoms with Gasteiger partial charge in [-0.2, -0.15) is 0 Å². The maximum Gasteiger partial charge on any atom is 0.308 e. The third kappa shape index (κ3) is 5.00.